The summed E-state index contributed by atoms with van der Waals surface area (Å²) in [5.41, 5.74) is 1.18. The van der Waals surface area contributed by atoms with Crippen LogP contribution in [0.2, 0.25) is 0 Å². The molecule has 2 rings (SSSR count). The maximum atomic E-state index is 12.2. The highest BCUT2D eigenvalue weighted by atomic mass is 16.5. The average Bonchev–Trinajstić information content (AvgIpc) is 2.64. The molecule has 4 heteroatoms. The van der Waals surface area contributed by atoms with Gasteiger partial charge in [0, 0.05) is 25.8 Å². The second-order valence-electron chi connectivity index (χ2n) is 5.73. The van der Waals surface area contributed by atoms with E-state index in [1.165, 1.54) is 5.69 Å². The molecular formula is C20H26N2O2. The minimum Gasteiger partial charge on any atom is -0.481 e. The number of amides is 1. The van der Waals surface area contributed by atoms with E-state index in [1.807, 2.05) is 55.5 Å². The van der Waals surface area contributed by atoms with Gasteiger partial charge in [-0.05, 0) is 37.1 Å². The van der Waals surface area contributed by atoms with Crippen molar-refractivity contribution in [3.8, 4) is 5.75 Å². The zero-order chi connectivity index (χ0) is 17.2. The number of hydrogen-bond donors (Lipinski definition) is 1. The Kier molecular flexibility index (Phi) is 7.15. The highest BCUT2D eigenvalue weighted by Gasteiger charge is 2.17. The summed E-state index contributed by atoms with van der Waals surface area (Å²) in [6.07, 6.45) is 1.09. The van der Waals surface area contributed by atoms with Gasteiger partial charge < -0.3 is 15.0 Å². The van der Waals surface area contributed by atoms with Gasteiger partial charge in [-0.15, -0.1) is 0 Å². The predicted octanol–water partition coefficient (Wildman–Crippen LogP) is 3.49. The number of hydrogen-bond acceptors (Lipinski definition) is 3. The van der Waals surface area contributed by atoms with Crippen molar-refractivity contribution < 1.29 is 9.53 Å². The minimum atomic E-state index is -0.445. The van der Waals surface area contributed by atoms with Crippen LogP contribution in [0.5, 0.6) is 5.75 Å². The number of nitrogens with zero attached hydrogens (tertiary/aromatic N) is 1. The van der Waals surface area contributed by atoms with Crippen molar-refractivity contribution in [3.05, 3.63) is 60.7 Å². The SMILES string of the molecule is CC[C@@H](Oc1ccccc1)C(=O)NCCCN(C)c1ccccc1. The molecule has 4 nitrogen and oxygen atoms in total. The molecule has 0 saturated carbocycles. The zero-order valence-corrected chi connectivity index (χ0v) is 14.4. The van der Waals surface area contributed by atoms with Crippen LogP contribution in [0.4, 0.5) is 5.69 Å². The van der Waals surface area contributed by atoms with Gasteiger partial charge >= 0.3 is 0 Å². The first-order valence-corrected chi connectivity index (χ1v) is 8.46. The standard InChI is InChI=1S/C20H26N2O2/c1-3-19(24-18-13-8-5-9-14-18)20(23)21-15-10-16-22(2)17-11-6-4-7-12-17/h4-9,11-14,19H,3,10,15-16H2,1-2H3,(H,21,23)/t19-/m1/s1. The van der Waals surface area contributed by atoms with Gasteiger partial charge in [0.1, 0.15) is 5.75 Å². The number of para-hydroxylation sites is 2. The summed E-state index contributed by atoms with van der Waals surface area (Å²) >= 11 is 0. The van der Waals surface area contributed by atoms with E-state index in [-0.39, 0.29) is 5.91 Å². The molecule has 0 aliphatic heterocycles. The van der Waals surface area contributed by atoms with E-state index in [0.717, 1.165) is 18.7 Å². The number of ether oxygens (including phenoxy) is 1. The second kappa shape index (κ2) is 9.60. The van der Waals surface area contributed by atoms with Gasteiger partial charge in [0.15, 0.2) is 6.10 Å². The highest BCUT2D eigenvalue weighted by Crippen LogP contribution is 2.13. The number of anilines is 1. The minimum absolute atomic E-state index is 0.0521. The summed E-state index contributed by atoms with van der Waals surface area (Å²) in [5.74, 6) is 0.673. The normalized spacial score (nSPS) is 11.6. The lowest BCUT2D eigenvalue weighted by Gasteiger charge is -2.20. The molecular weight excluding hydrogens is 300 g/mol. The smallest absolute Gasteiger partial charge is 0.261 e. The van der Waals surface area contributed by atoms with Gasteiger partial charge in [0.05, 0.1) is 0 Å². The lowest BCUT2D eigenvalue weighted by Crippen LogP contribution is -2.39. The number of nitrogens with one attached hydrogen (secondary N) is 1. The summed E-state index contributed by atoms with van der Waals surface area (Å²) in [6.45, 7) is 3.49. The highest BCUT2D eigenvalue weighted by molar-refractivity contribution is 5.81. The van der Waals surface area contributed by atoms with E-state index in [9.17, 15) is 4.79 Å². The summed E-state index contributed by atoms with van der Waals surface area (Å²) in [4.78, 5) is 14.4. The maximum Gasteiger partial charge on any atom is 0.261 e. The Hall–Kier alpha value is -2.49. The van der Waals surface area contributed by atoms with Gasteiger partial charge in [0.2, 0.25) is 0 Å². The van der Waals surface area contributed by atoms with Crippen molar-refractivity contribution in [2.45, 2.75) is 25.9 Å². The summed E-state index contributed by atoms with van der Waals surface area (Å²) < 4.78 is 5.75. The number of carbonyl (C=O) groups excluding carboxylic acids is 1. The first-order valence-electron chi connectivity index (χ1n) is 8.46. The van der Waals surface area contributed by atoms with E-state index in [4.69, 9.17) is 4.74 Å². The van der Waals surface area contributed by atoms with Crippen molar-refractivity contribution in [3.63, 3.8) is 0 Å². The van der Waals surface area contributed by atoms with Crippen molar-refractivity contribution in [1.82, 2.24) is 5.32 Å². The molecule has 1 N–H and O–H groups in total. The van der Waals surface area contributed by atoms with Gasteiger partial charge in [0.25, 0.3) is 5.91 Å². The Morgan fingerprint density at radius 2 is 1.71 bits per heavy atom. The molecule has 0 spiro atoms. The van der Waals surface area contributed by atoms with Gasteiger partial charge in [-0.3, -0.25) is 4.79 Å². The summed E-state index contributed by atoms with van der Waals surface area (Å²) in [6, 6.07) is 19.7. The van der Waals surface area contributed by atoms with Crippen molar-refractivity contribution in [1.29, 1.82) is 0 Å². The van der Waals surface area contributed by atoms with Crippen LogP contribution in [0.15, 0.2) is 60.7 Å². The summed E-state index contributed by atoms with van der Waals surface area (Å²) in [7, 11) is 2.06. The lowest BCUT2D eigenvalue weighted by atomic mass is 10.2. The van der Waals surface area contributed by atoms with E-state index >= 15 is 0 Å². The summed E-state index contributed by atoms with van der Waals surface area (Å²) in [5, 5.41) is 2.97. The van der Waals surface area contributed by atoms with Crippen LogP contribution in [0.25, 0.3) is 0 Å². The molecule has 128 valence electrons. The monoisotopic (exact) mass is 326 g/mol. The van der Waals surface area contributed by atoms with E-state index in [0.29, 0.717) is 13.0 Å². The first-order chi connectivity index (χ1) is 11.7. The fourth-order valence-corrected chi connectivity index (χ4v) is 2.44. The molecule has 0 aromatic heterocycles. The van der Waals surface area contributed by atoms with Crippen LogP contribution < -0.4 is 15.0 Å². The Morgan fingerprint density at radius 1 is 1.08 bits per heavy atom. The van der Waals surface area contributed by atoms with Crippen LogP contribution in [0, 0.1) is 0 Å². The molecule has 0 heterocycles. The molecule has 0 fully saturated rings. The van der Waals surface area contributed by atoms with Gasteiger partial charge in [-0.25, -0.2) is 0 Å². The molecule has 0 bridgehead atoms. The molecule has 2 aromatic carbocycles. The third-order valence-corrected chi connectivity index (χ3v) is 3.85. The number of benzene rings is 2. The Labute approximate surface area is 144 Å². The quantitative estimate of drug-likeness (QED) is 0.717. The molecule has 0 aliphatic rings. The molecule has 0 unspecified atom stereocenters. The molecule has 1 amide bonds. The maximum absolute atomic E-state index is 12.2. The average molecular weight is 326 g/mol. The fraction of sp³-hybridized carbons (Fsp3) is 0.350. The van der Waals surface area contributed by atoms with Crippen LogP contribution in [0.3, 0.4) is 0 Å². The van der Waals surface area contributed by atoms with Crippen molar-refractivity contribution in [2.24, 2.45) is 0 Å². The first kappa shape index (κ1) is 17.9. The van der Waals surface area contributed by atoms with Crippen LogP contribution in [-0.4, -0.2) is 32.1 Å². The lowest BCUT2D eigenvalue weighted by molar-refractivity contribution is -0.128. The van der Waals surface area contributed by atoms with Crippen LogP contribution in [0.1, 0.15) is 19.8 Å². The Bertz CT molecular complexity index is 602. The van der Waals surface area contributed by atoms with Gasteiger partial charge in [-0.1, -0.05) is 43.3 Å². The van der Waals surface area contributed by atoms with Crippen molar-refractivity contribution >= 4 is 11.6 Å². The predicted molar refractivity (Wildman–Crippen MR) is 98.5 cm³/mol. The number of rotatable bonds is 9. The molecule has 2 aromatic rings. The van der Waals surface area contributed by atoms with Crippen molar-refractivity contribution in [2.75, 3.05) is 25.0 Å². The van der Waals surface area contributed by atoms with Crippen LogP contribution in [-0.2, 0) is 4.79 Å². The molecule has 0 aliphatic carbocycles. The molecule has 0 radical (unpaired) electrons. The molecule has 24 heavy (non-hydrogen) atoms. The van der Waals surface area contributed by atoms with Crippen LogP contribution >= 0.6 is 0 Å². The third kappa shape index (κ3) is 5.61. The Balaban J connectivity index is 1.71. The largest absolute Gasteiger partial charge is 0.481 e. The van der Waals surface area contributed by atoms with Gasteiger partial charge in [-0.2, -0.15) is 0 Å². The van der Waals surface area contributed by atoms with E-state index in [2.05, 4.69) is 29.4 Å². The molecule has 0 saturated heterocycles. The Morgan fingerprint density at radius 3 is 2.33 bits per heavy atom. The molecule has 1 atom stereocenters. The zero-order valence-electron chi connectivity index (χ0n) is 14.4. The van der Waals surface area contributed by atoms with E-state index < -0.39 is 6.10 Å². The topological polar surface area (TPSA) is 41.6 Å². The number of carbonyl (C=O) groups is 1. The second-order valence-corrected chi connectivity index (χ2v) is 5.73. The third-order valence-electron chi connectivity index (χ3n) is 3.85. The fourth-order valence-electron chi connectivity index (χ4n) is 2.44. The van der Waals surface area contributed by atoms with E-state index in [1.54, 1.807) is 0 Å².